The van der Waals surface area contributed by atoms with Gasteiger partial charge in [0.15, 0.2) is 0 Å². The van der Waals surface area contributed by atoms with Gasteiger partial charge >= 0.3 is 0 Å². The summed E-state index contributed by atoms with van der Waals surface area (Å²) >= 11 is 0. The van der Waals surface area contributed by atoms with E-state index >= 15 is 0 Å². The highest BCUT2D eigenvalue weighted by molar-refractivity contribution is 7.87. The molecule has 0 amide bonds. The number of aliphatic hydroxyl groups excluding tert-OH is 1. The van der Waals surface area contributed by atoms with E-state index in [1.165, 1.54) is 0 Å². The maximum Gasteiger partial charge on any atom is 0.277 e. The van der Waals surface area contributed by atoms with Crippen molar-refractivity contribution in [2.75, 3.05) is 6.61 Å². The molecule has 0 aromatic carbocycles. The Morgan fingerprint density at radius 1 is 1.46 bits per heavy atom. The van der Waals surface area contributed by atoms with E-state index in [0.717, 1.165) is 0 Å². The summed E-state index contributed by atoms with van der Waals surface area (Å²) in [5.74, 6) is 0. The van der Waals surface area contributed by atoms with E-state index in [-0.39, 0.29) is 12.6 Å². The highest BCUT2D eigenvalue weighted by Gasteiger charge is 2.45. The fourth-order valence-corrected chi connectivity index (χ4v) is 2.59. The summed E-state index contributed by atoms with van der Waals surface area (Å²) in [5.41, 5.74) is -0.583. The first-order chi connectivity index (χ1) is 5.89. The molecule has 78 valence electrons. The molecule has 1 fully saturated rings. The Labute approximate surface area is 78.7 Å². The lowest BCUT2D eigenvalue weighted by molar-refractivity contribution is 0.246. The van der Waals surface area contributed by atoms with Crippen LogP contribution in [0.3, 0.4) is 0 Å². The van der Waals surface area contributed by atoms with Crippen molar-refractivity contribution in [1.29, 1.82) is 0 Å². The second-order valence-corrected chi connectivity index (χ2v) is 5.26. The third-order valence-electron chi connectivity index (χ3n) is 1.90. The van der Waals surface area contributed by atoms with Crippen LogP contribution in [0.2, 0.25) is 0 Å². The first-order valence-electron chi connectivity index (χ1n) is 4.31. The van der Waals surface area contributed by atoms with Crippen molar-refractivity contribution in [2.24, 2.45) is 0 Å². The maximum absolute atomic E-state index is 11.3. The number of aliphatic hydroxyl groups is 1. The van der Waals surface area contributed by atoms with Gasteiger partial charge in [-0.2, -0.15) is 17.9 Å². The van der Waals surface area contributed by atoms with Crippen molar-refractivity contribution < 1.29 is 13.5 Å². The van der Waals surface area contributed by atoms with Crippen LogP contribution in [-0.4, -0.2) is 31.7 Å². The van der Waals surface area contributed by atoms with Gasteiger partial charge in [0.2, 0.25) is 0 Å². The number of nitrogens with one attached hydrogen (secondary N) is 2. The predicted octanol–water partition coefficient (Wildman–Crippen LogP) is -0.656. The smallest absolute Gasteiger partial charge is 0.277 e. The molecule has 0 saturated heterocycles. The maximum atomic E-state index is 11.3. The Morgan fingerprint density at radius 2 is 2.00 bits per heavy atom. The Hall–Kier alpha value is -0.170. The quantitative estimate of drug-likeness (QED) is 0.561. The van der Waals surface area contributed by atoms with Crippen LogP contribution in [0.4, 0.5) is 0 Å². The van der Waals surface area contributed by atoms with E-state index in [0.29, 0.717) is 12.8 Å². The van der Waals surface area contributed by atoms with E-state index in [4.69, 9.17) is 5.11 Å². The molecule has 0 heterocycles. The lowest BCUT2D eigenvalue weighted by atomic mass is 10.3. The summed E-state index contributed by atoms with van der Waals surface area (Å²) in [4.78, 5) is 0. The molecule has 0 bridgehead atoms. The molecule has 13 heavy (non-hydrogen) atoms. The zero-order valence-corrected chi connectivity index (χ0v) is 8.69. The van der Waals surface area contributed by atoms with Crippen LogP contribution < -0.4 is 9.44 Å². The van der Waals surface area contributed by atoms with Gasteiger partial charge in [0.05, 0.1) is 12.1 Å². The minimum Gasteiger partial charge on any atom is -0.394 e. The van der Waals surface area contributed by atoms with E-state index in [9.17, 15) is 8.42 Å². The second-order valence-electron chi connectivity index (χ2n) is 3.82. The number of hydrogen-bond acceptors (Lipinski definition) is 3. The van der Waals surface area contributed by atoms with Crippen molar-refractivity contribution in [1.82, 2.24) is 9.44 Å². The Kier molecular flexibility index (Phi) is 2.96. The topological polar surface area (TPSA) is 78.4 Å². The highest BCUT2D eigenvalue weighted by atomic mass is 32.2. The standard InChI is InChI=1S/C7H16N2O3S/c1-6(2)8-13(11,12)9-7(5-10)3-4-7/h6,8-10H,3-5H2,1-2H3. The van der Waals surface area contributed by atoms with Crippen LogP contribution in [0.5, 0.6) is 0 Å². The summed E-state index contributed by atoms with van der Waals surface area (Å²) in [6, 6.07) is -0.132. The largest absolute Gasteiger partial charge is 0.394 e. The van der Waals surface area contributed by atoms with Gasteiger partial charge in [-0.25, -0.2) is 0 Å². The molecule has 0 unspecified atom stereocenters. The predicted molar refractivity (Wildman–Crippen MR) is 49.4 cm³/mol. The second kappa shape index (κ2) is 3.53. The lowest BCUT2D eigenvalue weighted by Gasteiger charge is -2.16. The zero-order valence-electron chi connectivity index (χ0n) is 7.87. The first-order valence-corrected chi connectivity index (χ1v) is 5.80. The fraction of sp³-hybridized carbons (Fsp3) is 1.00. The fourth-order valence-electron chi connectivity index (χ4n) is 1.07. The van der Waals surface area contributed by atoms with E-state index in [1.54, 1.807) is 13.8 Å². The molecule has 0 aromatic rings. The average Bonchev–Trinajstić information content (AvgIpc) is 2.65. The molecule has 1 rings (SSSR count). The van der Waals surface area contributed by atoms with Gasteiger partial charge in [-0.05, 0) is 26.7 Å². The molecule has 1 aliphatic rings. The lowest BCUT2D eigenvalue weighted by Crippen LogP contribution is -2.47. The van der Waals surface area contributed by atoms with Crippen LogP contribution >= 0.6 is 0 Å². The molecular formula is C7H16N2O3S. The molecule has 0 spiro atoms. The molecule has 1 aliphatic carbocycles. The van der Waals surface area contributed by atoms with Gasteiger partial charge in [-0.3, -0.25) is 0 Å². The van der Waals surface area contributed by atoms with Crippen LogP contribution in [0.25, 0.3) is 0 Å². The van der Waals surface area contributed by atoms with Crippen LogP contribution in [-0.2, 0) is 10.2 Å². The molecule has 0 aliphatic heterocycles. The minimum absolute atomic E-state index is 0.132. The summed E-state index contributed by atoms with van der Waals surface area (Å²) in [6.45, 7) is 3.36. The van der Waals surface area contributed by atoms with E-state index in [2.05, 4.69) is 9.44 Å². The summed E-state index contributed by atoms with van der Waals surface area (Å²) in [5, 5.41) is 8.90. The van der Waals surface area contributed by atoms with Gasteiger partial charge < -0.3 is 5.11 Å². The van der Waals surface area contributed by atoms with Crippen molar-refractivity contribution >= 4 is 10.2 Å². The minimum atomic E-state index is -3.45. The monoisotopic (exact) mass is 208 g/mol. The number of hydrogen-bond donors (Lipinski definition) is 3. The Balaban J connectivity index is 2.52. The van der Waals surface area contributed by atoms with E-state index < -0.39 is 15.7 Å². The normalized spacial score (nSPS) is 20.6. The zero-order chi connectivity index (χ0) is 10.1. The van der Waals surface area contributed by atoms with Gasteiger partial charge in [0.1, 0.15) is 0 Å². The molecular weight excluding hydrogens is 192 g/mol. The van der Waals surface area contributed by atoms with Gasteiger partial charge in [-0.15, -0.1) is 0 Å². The summed E-state index contributed by atoms with van der Waals surface area (Å²) < 4.78 is 27.5. The van der Waals surface area contributed by atoms with Crippen LogP contribution in [0.1, 0.15) is 26.7 Å². The molecule has 5 nitrogen and oxygen atoms in total. The van der Waals surface area contributed by atoms with Gasteiger partial charge in [0.25, 0.3) is 10.2 Å². The average molecular weight is 208 g/mol. The first kappa shape index (κ1) is 10.9. The molecule has 6 heteroatoms. The highest BCUT2D eigenvalue weighted by Crippen LogP contribution is 2.34. The summed E-state index contributed by atoms with van der Waals surface area (Å²) in [6.07, 6.45) is 1.42. The SMILES string of the molecule is CC(C)NS(=O)(=O)NC1(CO)CC1. The van der Waals surface area contributed by atoms with Crippen LogP contribution in [0.15, 0.2) is 0 Å². The van der Waals surface area contributed by atoms with Gasteiger partial charge in [0, 0.05) is 6.04 Å². The van der Waals surface area contributed by atoms with E-state index in [1.807, 2.05) is 0 Å². The van der Waals surface area contributed by atoms with Crippen LogP contribution in [0, 0.1) is 0 Å². The third-order valence-corrected chi connectivity index (χ3v) is 3.38. The molecule has 1 saturated carbocycles. The molecule has 0 atom stereocenters. The third kappa shape index (κ3) is 3.22. The number of rotatable bonds is 5. The molecule has 0 radical (unpaired) electrons. The van der Waals surface area contributed by atoms with Crippen molar-refractivity contribution in [3.8, 4) is 0 Å². The Morgan fingerprint density at radius 3 is 2.31 bits per heavy atom. The van der Waals surface area contributed by atoms with Crippen molar-refractivity contribution in [3.63, 3.8) is 0 Å². The van der Waals surface area contributed by atoms with Crippen molar-refractivity contribution in [3.05, 3.63) is 0 Å². The summed E-state index contributed by atoms with van der Waals surface area (Å²) in [7, 11) is -3.45. The Bertz CT molecular complexity index is 269. The van der Waals surface area contributed by atoms with Gasteiger partial charge in [-0.1, -0.05) is 0 Å². The molecule has 3 N–H and O–H groups in total. The molecule has 0 aromatic heterocycles. The van der Waals surface area contributed by atoms with Crippen molar-refractivity contribution in [2.45, 2.75) is 38.3 Å².